The summed E-state index contributed by atoms with van der Waals surface area (Å²) in [6, 6.07) is 12.3. The van der Waals surface area contributed by atoms with Gasteiger partial charge in [0.2, 0.25) is 0 Å². The predicted octanol–water partition coefficient (Wildman–Crippen LogP) is 4.34. The second kappa shape index (κ2) is 9.11. The van der Waals surface area contributed by atoms with E-state index in [-0.39, 0.29) is 5.91 Å². The first-order chi connectivity index (χ1) is 15.0. The van der Waals surface area contributed by atoms with Crippen LogP contribution >= 0.6 is 11.6 Å². The normalized spacial score (nSPS) is 14.9. The summed E-state index contributed by atoms with van der Waals surface area (Å²) in [6.07, 6.45) is 0. The van der Waals surface area contributed by atoms with E-state index in [2.05, 4.69) is 10.4 Å². The van der Waals surface area contributed by atoms with Crippen LogP contribution in [0.3, 0.4) is 0 Å². The van der Waals surface area contributed by atoms with Crippen molar-refractivity contribution < 1.29 is 18.5 Å². The number of amides is 1. The molecule has 4 rings (SSSR count). The maximum Gasteiger partial charge on any atom is 0.256 e. The lowest BCUT2D eigenvalue weighted by Gasteiger charge is -2.14. The van der Waals surface area contributed by atoms with Gasteiger partial charge in [-0.15, -0.1) is 0 Å². The number of anilines is 1. The number of halogens is 1. The number of carbonyl (C=O) groups excluding carboxylic acids is 1. The predicted molar refractivity (Wildman–Crippen MR) is 121 cm³/mol. The Bertz CT molecular complexity index is 1160. The van der Waals surface area contributed by atoms with Crippen LogP contribution < -0.4 is 14.8 Å². The minimum absolute atomic E-state index is 0.326. The van der Waals surface area contributed by atoms with Gasteiger partial charge in [-0.25, -0.2) is 4.68 Å². The van der Waals surface area contributed by atoms with Crippen molar-refractivity contribution in [3.63, 3.8) is 0 Å². The molecule has 1 atom stereocenters. The van der Waals surface area contributed by atoms with Crippen LogP contribution in [0.1, 0.15) is 35.5 Å². The number of fused-ring (bicyclic) bond motifs is 1. The molecule has 0 fully saturated rings. The summed E-state index contributed by atoms with van der Waals surface area (Å²) in [5.41, 5.74) is 2.63. The third-order valence-corrected chi connectivity index (χ3v) is 6.20. The van der Waals surface area contributed by atoms with Gasteiger partial charge in [-0.2, -0.15) is 5.10 Å². The van der Waals surface area contributed by atoms with E-state index >= 15 is 0 Å². The van der Waals surface area contributed by atoms with Gasteiger partial charge in [0, 0.05) is 26.9 Å². The first-order valence-electron chi connectivity index (χ1n) is 9.92. The van der Waals surface area contributed by atoms with Gasteiger partial charge < -0.3 is 14.8 Å². The van der Waals surface area contributed by atoms with Crippen molar-refractivity contribution >= 4 is 34.1 Å². The zero-order valence-corrected chi connectivity index (χ0v) is 18.8. The second-order valence-corrected chi connectivity index (χ2v) is 8.77. The average molecular weight is 460 g/mol. The number of nitrogens with zero attached hydrogens (tertiary/aromatic N) is 2. The number of hydrogen-bond donors (Lipinski definition) is 1. The monoisotopic (exact) mass is 459 g/mol. The van der Waals surface area contributed by atoms with Gasteiger partial charge in [0.25, 0.3) is 5.91 Å². The molecule has 7 nitrogen and oxygen atoms in total. The van der Waals surface area contributed by atoms with Gasteiger partial charge in [0.15, 0.2) is 11.5 Å². The molecule has 0 spiro atoms. The van der Waals surface area contributed by atoms with Crippen LogP contribution in [0.25, 0.3) is 5.69 Å². The number of carbonyl (C=O) groups is 1. The molecule has 1 aromatic heterocycles. The molecule has 1 amide bonds. The van der Waals surface area contributed by atoms with E-state index < -0.39 is 10.8 Å². The van der Waals surface area contributed by atoms with Crippen LogP contribution in [-0.2, 0) is 22.3 Å². The Morgan fingerprint density at radius 3 is 2.65 bits per heavy atom. The van der Waals surface area contributed by atoms with Crippen LogP contribution in [0.2, 0.25) is 5.02 Å². The lowest BCUT2D eigenvalue weighted by atomic mass is 10.1. The molecule has 0 saturated carbocycles. The molecule has 2 heterocycles. The van der Waals surface area contributed by atoms with Crippen molar-refractivity contribution in [1.29, 1.82) is 0 Å². The molecule has 31 heavy (non-hydrogen) atoms. The van der Waals surface area contributed by atoms with E-state index in [0.29, 0.717) is 58.3 Å². The van der Waals surface area contributed by atoms with Crippen LogP contribution in [0.5, 0.6) is 11.5 Å². The molecule has 0 bridgehead atoms. The van der Waals surface area contributed by atoms with Gasteiger partial charge in [0.1, 0.15) is 5.82 Å². The second-order valence-electron chi connectivity index (χ2n) is 6.88. The minimum atomic E-state index is -1.03. The van der Waals surface area contributed by atoms with Crippen LogP contribution in [0.15, 0.2) is 42.5 Å². The van der Waals surface area contributed by atoms with E-state index in [1.807, 2.05) is 26.0 Å². The van der Waals surface area contributed by atoms with E-state index in [1.165, 1.54) is 0 Å². The first-order valence-corrected chi connectivity index (χ1v) is 11.8. The standard InChI is InChI=1S/C22H22ClN3O4S/c1-3-29-19-9-8-14(10-20(19)30-4-2)22(27)24-21-17-12-31(28)13-18(17)25-26(21)16-7-5-6-15(23)11-16/h5-11H,3-4,12-13H2,1-2H3,(H,24,27)/t31-/m1/s1. The fourth-order valence-corrected chi connectivity index (χ4v) is 4.87. The number of benzene rings is 2. The highest BCUT2D eigenvalue weighted by Crippen LogP contribution is 2.33. The summed E-state index contributed by atoms with van der Waals surface area (Å²) in [5.74, 6) is 1.97. The molecule has 9 heteroatoms. The first kappa shape index (κ1) is 21.4. The summed E-state index contributed by atoms with van der Waals surface area (Å²) < 4.78 is 24.9. The summed E-state index contributed by atoms with van der Waals surface area (Å²) in [4.78, 5) is 13.1. The van der Waals surface area contributed by atoms with Crippen molar-refractivity contribution in [3.05, 3.63) is 64.3 Å². The van der Waals surface area contributed by atoms with Crippen LogP contribution in [0, 0.1) is 0 Å². The summed E-state index contributed by atoms with van der Waals surface area (Å²) in [5, 5.41) is 8.10. The lowest BCUT2D eigenvalue weighted by Crippen LogP contribution is -2.17. The number of nitrogens with one attached hydrogen (secondary N) is 1. The van der Waals surface area contributed by atoms with Crippen molar-refractivity contribution in [3.8, 4) is 17.2 Å². The topological polar surface area (TPSA) is 82.5 Å². The molecule has 1 aliphatic heterocycles. The molecule has 0 saturated heterocycles. The highest BCUT2D eigenvalue weighted by molar-refractivity contribution is 7.83. The van der Waals surface area contributed by atoms with E-state index in [0.717, 1.165) is 11.3 Å². The number of aromatic nitrogens is 2. The molecule has 1 N–H and O–H groups in total. The van der Waals surface area contributed by atoms with Gasteiger partial charge in [-0.05, 0) is 50.2 Å². The highest BCUT2D eigenvalue weighted by Gasteiger charge is 2.28. The van der Waals surface area contributed by atoms with Crippen molar-refractivity contribution in [2.24, 2.45) is 0 Å². The van der Waals surface area contributed by atoms with Gasteiger partial charge in [-0.1, -0.05) is 17.7 Å². The quantitative estimate of drug-likeness (QED) is 0.568. The van der Waals surface area contributed by atoms with E-state index in [1.54, 1.807) is 35.0 Å². The summed E-state index contributed by atoms with van der Waals surface area (Å²) in [6.45, 7) is 4.70. The Morgan fingerprint density at radius 2 is 1.90 bits per heavy atom. The SMILES string of the molecule is CCOc1ccc(C(=O)Nc2c3c(nn2-c2cccc(Cl)c2)C[S@](=O)C3)cc1OCC. The third kappa shape index (κ3) is 4.45. The van der Waals surface area contributed by atoms with Crippen molar-refractivity contribution in [1.82, 2.24) is 9.78 Å². The smallest absolute Gasteiger partial charge is 0.256 e. The summed E-state index contributed by atoms with van der Waals surface area (Å²) in [7, 11) is -1.03. The number of hydrogen-bond acceptors (Lipinski definition) is 5. The highest BCUT2D eigenvalue weighted by atomic mass is 35.5. The molecule has 162 valence electrons. The maximum absolute atomic E-state index is 13.1. The fourth-order valence-electron chi connectivity index (χ4n) is 3.42. The molecule has 2 aromatic carbocycles. The summed E-state index contributed by atoms with van der Waals surface area (Å²) >= 11 is 6.15. The molecule has 0 radical (unpaired) electrons. The largest absolute Gasteiger partial charge is 0.490 e. The Labute approximate surface area is 187 Å². The molecular weight excluding hydrogens is 438 g/mol. The van der Waals surface area contributed by atoms with Crippen LogP contribution in [0.4, 0.5) is 5.82 Å². The Kier molecular flexibility index (Phi) is 6.29. The molecular formula is C22H22ClN3O4S. The molecule has 0 unspecified atom stereocenters. The average Bonchev–Trinajstić information content (AvgIpc) is 3.26. The van der Waals surface area contributed by atoms with Crippen molar-refractivity contribution in [2.45, 2.75) is 25.4 Å². The Balaban J connectivity index is 1.70. The zero-order chi connectivity index (χ0) is 22.0. The molecule has 0 aliphatic carbocycles. The Hall–Kier alpha value is -2.84. The molecule has 1 aliphatic rings. The van der Waals surface area contributed by atoms with Gasteiger partial charge >= 0.3 is 0 Å². The minimum Gasteiger partial charge on any atom is -0.490 e. The van der Waals surface area contributed by atoms with E-state index in [4.69, 9.17) is 21.1 Å². The van der Waals surface area contributed by atoms with E-state index in [9.17, 15) is 9.00 Å². The fraction of sp³-hybridized carbons (Fsp3) is 0.273. The van der Waals surface area contributed by atoms with Crippen LogP contribution in [-0.4, -0.2) is 33.1 Å². The zero-order valence-electron chi connectivity index (χ0n) is 17.2. The van der Waals surface area contributed by atoms with Gasteiger partial charge in [0.05, 0.1) is 36.1 Å². The Morgan fingerprint density at radius 1 is 1.13 bits per heavy atom. The maximum atomic E-state index is 13.1. The third-order valence-electron chi connectivity index (χ3n) is 4.76. The number of ether oxygens (including phenoxy) is 2. The van der Waals surface area contributed by atoms with Crippen molar-refractivity contribution in [2.75, 3.05) is 18.5 Å². The molecule has 3 aromatic rings. The number of rotatable bonds is 7. The lowest BCUT2D eigenvalue weighted by molar-refractivity contribution is 0.102. The van der Waals surface area contributed by atoms with Gasteiger partial charge in [-0.3, -0.25) is 9.00 Å².